The van der Waals surface area contributed by atoms with Gasteiger partial charge in [-0.05, 0) is 55.6 Å². The molecule has 0 bridgehead atoms. The van der Waals surface area contributed by atoms with E-state index in [-0.39, 0.29) is 0 Å². The fraction of sp³-hybridized carbons (Fsp3) is 0. The highest BCUT2D eigenvalue weighted by molar-refractivity contribution is 9.11. The van der Waals surface area contributed by atoms with Crippen LogP contribution in [0.15, 0.2) is 80.1 Å². The van der Waals surface area contributed by atoms with Crippen LogP contribution >= 0.6 is 47.8 Å². The zero-order valence-corrected chi connectivity index (χ0v) is 17.7. The second kappa shape index (κ2) is 5.80. The van der Waals surface area contributed by atoms with Crippen molar-refractivity contribution in [2.45, 2.75) is 0 Å². The van der Waals surface area contributed by atoms with Gasteiger partial charge in [-0.15, -0.1) is 0 Å². The van der Waals surface area contributed by atoms with Crippen molar-refractivity contribution in [2.75, 3.05) is 0 Å². The van der Waals surface area contributed by atoms with Crippen molar-refractivity contribution in [3.8, 4) is 11.1 Å². The monoisotopic (exact) mass is 512 g/mol. The third-order valence-electron chi connectivity index (χ3n) is 4.83. The second-order valence-corrected chi connectivity index (χ2v) is 8.75. The summed E-state index contributed by atoms with van der Waals surface area (Å²) in [5.74, 6) is 0. The summed E-state index contributed by atoms with van der Waals surface area (Å²) in [6, 6.07) is 23.8. The second-order valence-electron chi connectivity index (χ2n) is 6.18. The Morgan fingerprint density at radius 2 is 0.960 bits per heavy atom. The molecule has 0 radical (unpaired) electrons. The molecule has 0 aliphatic carbocycles. The van der Waals surface area contributed by atoms with Gasteiger partial charge in [0.2, 0.25) is 0 Å². The van der Waals surface area contributed by atoms with Crippen molar-refractivity contribution in [3.05, 3.63) is 80.1 Å². The predicted octanol–water partition coefficient (Wildman–Crippen LogP) is 8.54. The molecule has 0 nitrogen and oxygen atoms in total. The highest BCUT2D eigenvalue weighted by Gasteiger charge is 2.17. The zero-order valence-electron chi connectivity index (χ0n) is 13.0. The summed E-state index contributed by atoms with van der Waals surface area (Å²) in [6.45, 7) is 0. The maximum Gasteiger partial charge on any atom is 0.0265 e. The summed E-state index contributed by atoms with van der Waals surface area (Å²) in [5.41, 5.74) is 2.49. The first-order chi connectivity index (χ1) is 12.1. The smallest absolute Gasteiger partial charge is 0.0265 e. The van der Waals surface area contributed by atoms with Gasteiger partial charge in [0.15, 0.2) is 0 Å². The molecule has 0 unspecified atom stereocenters. The van der Waals surface area contributed by atoms with Gasteiger partial charge in [-0.1, -0.05) is 102 Å². The molecule has 5 rings (SSSR count). The van der Waals surface area contributed by atoms with Crippen LogP contribution < -0.4 is 0 Å². The number of hydrogen-bond acceptors (Lipinski definition) is 0. The van der Waals surface area contributed by atoms with E-state index in [1.165, 1.54) is 43.4 Å². The average Bonchev–Trinajstić information content (AvgIpc) is 2.64. The van der Waals surface area contributed by atoms with E-state index in [4.69, 9.17) is 0 Å². The summed E-state index contributed by atoms with van der Waals surface area (Å²) in [6.07, 6.45) is 0. The van der Waals surface area contributed by atoms with Crippen LogP contribution in [0.25, 0.3) is 43.4 Å². The Morgan fingerprint density at radius 1 is 0.480 bits per heavy atom. The molecular formula is C22H11Br3. The first-order valence-electron chi connectivity index (χ1n) is 7.95. The van der Waals surface area contributed by atoms with E-state index in [2.05, 4.69) is 115 Å². The van der Waals surface area contributed by atoms with E-state index < -0.39 is 0 Å². The molecule has 5 aromatic carbocycles. The van der Waals surface area contributed by atoms with Gasteiger partial charge in [0.05, 0.1) is 0 Å². The topological polar surface area (TPSA) is 0 Å². The minimum Gasteiger partial charge on any atom is -0.0622 e. The molecule has 0 atom stereocenters. The Balaban J connectivity index is 2.07. The minimum atomic E-state index is 1.11. The van der Waals surface area contributed by atoms with Crippen molar-refractivity contribution in [2.24, 2.45) is 0 Å². The third kappa shape index (κ3) is 2.29. The molecule has 0 fully saturated rings. The van der Waals surface area contributed by atoms with Crippen molar-refractivity contribution in [1.82, 2.24) is 0 Å². The van der Waals surface area contributed by atoms with E-state index in [9.17, 15) is 0 Å². The van der Waals surface area contributed by atoms with E-state index in [0.717, 1.165) is 13.4 Å². The van der Waals surface area contributed by atoms with Gasteiger partial charge in [0.1, 0.15) is 0 Å². The maximum absolute atomic E-state index is 3.80. The Labute approximate surface area is 170 Å². The number of rotatable bonds is 1. The lowest BCUT2D eigenvalue weighted by Crippen LogP contribution is -1.89. The number of halogens is 3. The van der Waals surface area contributed by atoms with Gasteiger partial charge in [-0.25, -0.2) is 0 Å². The van der Waals surface area contributed by atoms with Crippen molar-refractivity contribution >= 4 is 80.1 Å². The van der Waals surface area contributed by atoms with Gasteiger partial charge in [-0.3, -0.25) is 0 Å². The van der Waals surface area contributed by atoms with Crippen LogP contribution in [0.3, 0.4) is 0 Å². The fourth-order valence-corrected chi connectivity index (χ4v) is 5.71. The maximum atomic E-state index is 3.80. The quantitative estimate of drug-likeness (QED) is 0.197. The van der Waals surface area contributed by atoms with E-state index >= 15 is 0 Å². The molecule has 0 N–H and O–H groups in total. The molecule has 5 aromatic rings. The molecular weight excluding hydrogens is 504 g/mol. The molecule has 0 aliphatic heterocycles. The van der Waals surface area contributed by atoms with Crippen LogP contribution in [0.5, 0.6) is 0 Å². The standard InChI is InChI=1S/C22H11Br3/c23-18-10-17(12-4-2-1-3-5-12)13-6-7-15-19(24)11-20(25)16-9-8-14(18)21(13)22(15)16/h1-11H. The molecule has 0 aromatic heterocycles. The third-order valence-corrected chi connectivity index (χ3v) is 6.80. The van der Waals surface area contributed by atoms with Crippen molar-refractivity contribution in [1.29, 1.82) is 0 Å². The summed E-state index contributed by atoms with van der Waals surface area (Å²) >= 11 is 11.3. The van der Waals surface area contributed by atoms with E-state index in [0.29, 0.717) is 0 Å². The normalized spacial score (nSPS) is 11.8. The Bertz CT molecular complexity index is 1240. The summed E-state index contributed by atoms with van der Waals surface area (Å²) in [7, 11) is 0. The number of hydrogen-bond donors (Lipinski definition) is 0. The van der Waals surface area contributed by atoms with Gasteiger partial charge in [-0.2, -0.15) is 0 Å². The fourth-order valence-electron chi connectivity index (χ4n) is 3.72. The molecule has 0 saturated heterocycles. The summed E-state index contributed by atoms with van der Waals surface area (Å²) < 4.78 is 3.36. The van der Waals surface area contributed by atoms with Crippen molar-refractivity contribution in [3.63, 3.8) is 0 Å². The summed E-state index contributed by atoms with van der Waals surface area (Å²) in [5, 5.41) is 7.63. The largest absolute Gasteiger partial charge is 0.0622 e. The lowest BCUT2D eigenvalue weighted by Gasteiger charge is -2.17. The van der Waals surface area contributed by atoms with Crippen LogP contribution in [-0.4, -0.2) is 0 Å². The zero-order chi connectivity index (χ0) is 17.1. The molecule has 0 amide bonds. The Hall–Kier alpha value is -1.42. The lowest BCUT2D eigenvalue weighted by molar-refractivity contribution is 1.64. The average molecular weight is 515 g/mol. The highest BCUT2D eigenvalue weighted by Crippen LogP contribution is 2.45. The molecule has 25 heavy (non-hydrogen) atoms. The van der Waals surface area contributed by atoms with Gasteiger partial charge < -0.3 is 0 Å². The minimum absolute atomic E-state index is 1.11. The van der Waals surface area contributed by atoms with E-state index in [1.807, 2.05) is 0 Å². The lowest BCUT2D eigenvalue weighted by atomic mass is 9.90. The Morgan fingerprint density at radius 3 is 1.56 bits per heavy atom. The number of benzene rings is 5. The first-order valence-corrected chi connectivity index (χ1v) is 10.3. The summed E-state index contributed by atoms with van der Waals surface area (Å²) in [4.78, 5) is 0. The Kier molecular flexibility index (Phi) is 3.67. The molecule has 0 spiro atoms. The predicted molar refractivity (Wildman–Crippen MR) is 119 cm³/mol. The van der Waals surface area contributed by atoms with E-state index in [1.54, 1.807) is 0 Å². The highest BCUT2D eigenvalue weighted by atomic mass is 79.9. The van der Waals surface area contributed by atoms with Crippen molar-refractivity contribution < 1.29 is 0 Å². The molecule has 0 aliphatic rings. The molecule has 0 heterocycles. The SMILES string of the molecule is Brc1cc(Br)c2ccc3c(-c4ccccc4)cc(Br)c4ccc1c2c43. The molecule has 0 saturated carbocycles. The molecule has 120 valence electrons. The van der Waals surface area contributed by atoms with Gasteiger partial charge in [0, 0.05) is 13.4 Å². The van der Waals surface area contributed by atoms with Crippen LogP contribution in [0, 0.1) is 0 Å². The van der Waals surface area contributed by atoms with Crippen LogP contribution in [0.4, 0.5) is 0 Å². The van der Waals surface area contributed by atoms with Crippen LogP contribution in [0.1, 0.15) is 0 Å². The van der Waals surface area contributed by atoms with Gasteiger partial charge in [0.25, 0.3) is 0 Å². The van der Waals surface area contributed by atoms with Gasteiger partial charge >= 0.3 is 0 Å². The van der Waals surface area contributed by atoms with Crippen LogP contribution in [0.2, 0.25) is 0 Å². The van der Waals surface area contributed by atoms with Crippen LogP contribution in [-0.2, 0) is 0 Å². The molecule has 3 heteroatoms. The first kappa shape index (κ1) is 15.8.